The molecule has 0 aromatic carbocycles. The van der Waals surface area contributed by atoms with Crippen molar-refractivity contribution in [2.45, 2.75) is 79.1 Å². The molecule has 1 aromatic heterocycles. The fourth-order valence-electron chi connectivity index (χ4n) is 2.70. The molecule has 140 valence electrons. The van der Waals surface area contributed by atoms with Gasteiger partial charge in [-0.05, 0) is 73.8 Å². The molecule has 0 aliphatic carbocycles. The molecule has 0 N–H and O–H groups in total. The predicted octanol–water partition coefficient (Wildman–Crippen LogP) is 3.40. The number of nitrogens with zero attached hydrogens (tertiary/aromatic N) is 2. The van der Waals surface area contributed by atoms with E-state index in [1.54, 1.807) is 0 Å². The molecule has 0 amide bonds. The van der Waals surface area contributed by atoms with E-state index in [1.165, 1.54) is 0 Å². The van der Waals surface area contributed by atoms with Gasteiger partial charge in [0.2, 0.25) is 5.88 Å². The maximum Gasteiger partial charge on any atom is 0.495 e. The van der Waals surface area contributed by atoms with Gasteiger partial charge >= 0.3 is 7.12 Å². The second-order valence-corrected chi connectivity index (χ2v) is 8.57. The summed E-state index contributed by atoms with van der Waals surface area (Å²) in [7, 11) is -0.426. The van der Waals surface area contributed by atoms with Crippen LogP contribution in [0.2, 0.25) is 0 Å². The van der Waals surface area contributed by atoms with E-state index in [-0.39, 0.29) is 16.8 Å². The van der Waals surface area contributed by atoms with Crippen molar-refractivity contribution >= 4 is 18.4 Å². The Kier molecular flexibility index (Phi) is 5.46. The lowest BCUT2D eigenvalue weighted by atomic mass is 9.79. The van der Waals surface area contributed by atoms with Crippen molar-refractivity contribution in [2.24, 2.45) is 0 Å². The second-order valence-electron chi connectivity index (χ2n) is 8.57. The van der Waals surface area contributed by atoms with Crippen LogP contribution in [0, 0.1) is 0 Å². The van der Waals surface area contributed by atoms with Gasteiger partial charge in [-0.1, -0.05) is 0 Å². The van der Waals surface area contributed by atoms with Gasteiger partial charge in [-0.15, -0.1) is 0 Å². The Morgan fingerprint density at radius 1 is 1.04 bits per heavy atom. The highest BCUT2D eigenvalue weighted by molar-refractivity contribution is 6.62. The van der Waals surface area contributed by atoms with Gasteiger partial charge in [-0.2, -0.15) is 4.98 Å². The largest absolute Gasteiger partial charge is 0.495 e. The van der Waals surface area contributed by atoms with Gasteiger partial charge in [-0.25, -0.2) is 0 Å². The highest BCUT2D eigenvalue weighted by Crippen LogP contribution is 2.37. The molecule has 5 nitrogen and oxygen atoms in total. The molecule has 0 atom stereocenters. The average Bonchev–Trinajstić information content (AvgIpc) is 2.67. The summed E-state index contributed by atoms with van der Waals surface area (Å²) in [5, 5.41) is 0. The number of anilines is 1. The first kappa shape index (κ1) is 20.1. The molecule has 2 rings (SSSR count). The zero-order valence-corrected chi connectivity index (χ0v) is 17.3. The number of hydrogen-bond donors (Lipinski definition) is 0. The van der Waals surface area contributed by atoms with Gasteiger partial charge in [0.1, 0.15) is 11.4 Å². The third-order valence-corrected chi connectivity index (χ3v) is 4.83. The summed E-state index contributed by atoms with van der Waals surface area (Å²) in [4.78, 5) is 6.90. The first-order valence-corrected chi connectivity index (χ1v) is 9.20. The van der Waals surface area contributed by atoms with Crippen LogP contribution in [0.5, 0.6) is 5.88 Å². The lowest BCUT2D eigenvalue weighted by molar-refractivity contribution is 0.00578. The molecular weight excluding hydrogens is 315 g/mol. The summed E-state index contributed by atoms with van der Waals surface area (Å²) in [6.07, 6.45) is 0. The molecule has 0 unspecified atom stereocenters. The van der Waals surface area contributed by atoms with E-state index in [0.717, 1.165) is 24.4 Å². The monoisotopic (exact) mass is 348 g/mol. The molecule has 1 fully saturated rings. The molecule has 0 radical (unpaired) electrons. The van der Waals surface area contributed by atoms with Gasteiger partial charge < -0.3 is 18.9 Å². The van der Waals surface area contributed by atoms with Gasteiger partial charge in [0.25, 0.3) is 0 Å². The van der Waals surface area contributed by atoms with Crippen molar-refractivity contribution in [3.63, 3.8) is 0 Å². The molecule has 1 aliphatic rings. The second kappa shape index (κ2) is 6.80. The lowest BCUT2D eigenvalue weighted by Crippen LogP contribution is -2.41. The van der Waals surface area contributed by atoms with Crippen LogP contribution in [-0.4, -0.2) is 42.0 Å². The standard InChI is InChI=1S/C19H33BN2O3/c1-10-22(11-2)15-12-14(13-16(21-15)23-17(3,4)5)20-24-18(6,7)19(8,9)25-20/h12-13H,10-11H2,1-9H3. The average molecular weight is 348 g/mol. The molecular formula is C19H33BN2O3. The molecule has 0 saturated carbocycles. The third-order valence-electron chi connectivity index (χ3n) is 4.83. The molecule has 25 heavy (non-hydrogen) atoms. The summed E-state index contributed by atoms with van der Waals surface area (Å²) in [5.41, 5.74) is -0.125. The van der Waals surface area contributed by atoms with Crippen molar-refractivity contribution in [1.82, 2.24) is 4.98 Å². The van der Waals surface area contributed by atoms with Gasteiger partial charge in [0, 0.05) is 19.2 Å². The Balaban J connectivity index is 2.43. The minimum Gasteiger partial charge on any atom is -0.472 e. The molecule has 6 heteroatoms. The summed E-state index contributed by atoms with van der Waals surface area (Å²) < 4.78 is 18.5. The fourth-order valence-corrected chi connectivity index (χ4v) is 2.70. The maximum absolute atomic E-state index is 6.21. The maximum atomic E-state index is 6.21. The number of ether oxygens (including phenoxy) is 1. The van der Waals surface area contributed by atoms with Gasteiger partial charge in [-0.3, -0.25) is 0 Å². The Labute approximate surface area is 153 Å². The molecule has 1 aromatic rings. The highest BCUT2D eigenvalue weighted by atomic mass is 16.7. The Hall–Kier alpha value is -1.27. The van der Waals surface area contributed by atoms with E-state index < -0.39 is 7.12 Å². The first-order chi connectivity index (χ1) is 11.4. The molecule has 2 heterocycles. The van der Waals surface area contributed by atoms with Crippen molar-refractivity contribution in [1.29, 1.82) is 0 Å². The Morgan fingerprint density at radius 3 is 2.00 bits per heavy atom. The summed E-state index contributed by atoms with van der Waals surface area (Å²) in [6.45, 7) is 20.3. The summed E-state index contributed by atoms with van der Waals surface area (Å²) in [5.74, 6) is 1.48. The van der Waals surface area contributed by atoms with Crippen LogP contribution in [0.3, 0.4) is 0 Å². The van der Waals surface area contributed by atoms with Crippen molar-refractivity contribution in [2.75, 3.05) is 18.0 Å². The van der Waals surface area contributed by atoms with Gasteiger partial charge in [0.15, 0.2) is 0 Å². The number of aromatic nitrogens is 1. The number of rotatable bonds is 5. The van der Waals surface area contributed by atoms with Crippen LogP contribution >= 0.6 is 0 Å². The van der Waals surface area contributed by atoms with Crippen LogP contribution in [0.1, 0.15) is 62.3 Å². The van der Waals surface area contributed by atoms with E-state index in [0.29, 0.717) is 5.88 Å². The van der Waals surface area contributed by atoms with Crippen LogP contribution in [0.15, 0.2) is 12.1 Å². The normalized spacial score (nSPS) is 19.2. The summed E-state index contributed by atoms with van der Waals surface area (Å²) >= 11 is 0. The van der Waals surface area contributed by atoms with E-state index in [4.69, 9.17) is 19.0 Å². The van der Waals surface area contributed by atoms with Crippen LogP contribution < -0.4 is 15.1 Å². The van der Waals surface area contributed by atoms with Crippen LogP contribution in [0.4, 0.5) is 5.82 Å². The smallest absolute Gasteiger partial charge is 0.472 e. The Bertz CT molecular complexity index is 591. The van der Waals surface area contributed by atoms with Crippen molar-refractivity contribution < 1.29 is 14.0 Å². The quantitative estimate of drug-likeness (QED) is 0.763. The highest BCUT2D eigenvalue weighted by Gasteiger charge is 2.52. The topological polar surface area (TPSA) is 43.8 Å². The van der Waals surface area contributed by atoms with E-state index in [1.807, 2.05) is 32.9 Å². The van der Waals surface area contributed by atoms with E-state index in [2.05, 4.69) is 46.4 Å². The minimum atomic E-state index is -0.426. The fraction of sp³-hybridized carbons (Fsp3) is 0.737. The minimum absolute atomic E-state index is 0.317. The summed E-state index contributed by atoms with van der Waals surface area (Å²) in [6, 6.07) is 3.98. The number of hydrogen-bond acceptors (Lipinski definition) is 5. The molecule has 1 saturated heterocycles. The Morgan fingerprint density at radius 2 is 1.56 bits per heavy atom. The zero-order valence-electron chi connectivity index (χ0n) is 17.3. The lowest BCUT2D eigenvalue weighted by Gasteiger charge is -2.32. The molecule has 0 spiro atoms. The van der Waals surface area contributed by atoms with Gasteiger partial charge in [0.05, 0.1) is 11.2 Å². The van der Waals surface area contributed by atoms with E-state index >= 15 is 0 Å². The molecule has 0 bridgehead atoms. The van der Waals surface area contributed by atoms with E-state index in [9.17, 15) is 0 Å². The SMILES string of the molecule is CCN(CC)c1cc(B2OC(C)(C)C(C)(C)O2)cc(OC(C)(C)C)n1. The first-order valence-electron chi connectivity index (χ1n) is 9.20. The zero-order chi connectivity index (χ0) is 19.0. The molecule has 1 aliphatic heterocycles. The third kappa shape index (κ3) is 4.48. The van der Waals surface area contributed by atoms with Crippen molar-refractivity contribution in [3.8, 4) is 5.88 Å². The number of pyridine rings is 1. The predicted molar refractivity (Wildman–Crippen MR) is 104 cm³/mol. The van der Waals surface area contributed by atoms with Crippen molar-refractivity contribution in [3.05, 3.63) is 12.1 Å². The van der Waals surface area contributed by atoms with Crippen LogP contribution in [0.25, 0.3) is 0 Å². The van der Waals surface area contributed by atoms with Crippen LogP contribution in [-0.2, 0) is 9.31 Å².